The molecule has 1 unspecified atom stereocenters. The number of halogens is 1. The largest absolute Gasteiger partial charge is 0.490 e. The van der Waals surface area contributed by atoms with E-state index in [0.29, 0.717) is 13.2 Å². The minimum atomic E-state index is 0.229. The van der Waals surface area contributed by atoms with Crippen LogP contribution in [0.1, 0.15) is 31.7 Å². The van der Waals surface area contributed by atoms with Gasteiger partial charge in [-0.05, 0) is 60.3 Å². The van der Waals surface area contributed by atoms with Gasteiger partial charge in [-0.1, -0.05) is 0 Å². The molecule has 21 heavy (non-hydrogen) atoms. The van der Waals surface area contributed by atoms with Crippen molar-refractivity contribution in [3.63, 3.8) is 0 Å². The number of benzene rings is 1. The fourth-order valence-corrected chi connectivity index (χ4v) is 3.80. The van der Waals surface area contributed by atoms with Crippen molar-refractivity contribution in [2.75, 3.05) is 18.5 Å². The maximum absolute atomic E-state index is 5.65. The predicted octanol–water partition coefficient (Wildman–Crippen LogP) is 5.48. The van der Waals surface area contributed by atoms with Gasteiger partial charge in [0.05, 0.1) is 19.3 Å². The van der Waals surface area contributed by atoms with E-state index in [2.05, 4.69) is 39.6 Å². The van der Waals surface area contributed by atoms with Crippen LogP contribution in [-0.4, -0.2) is 13.2 Å². The second-order valence-electron chi connectivity index (χ2n) is 4.53. The maximum atomic E-state index is 5.65. The second-order valence-corrected chi connectivity index (χ2v) is 6.33. The smallest absolute Gasteiger partial charge is 0.163 e. The third-order valence-corrected chi connectivity index (χ3v) is 5.02. The molecule has 0 radical (unpaired) electrons. The highest BCUT2D eigenvalue weighted by Crippen LogP contribution is 2.34. The number of ether oxygens (including phenoxy) is 2. The highest BCUT2D eigenvalue weighted by atomic mass is 79.9. The molecule has 1 aromatic heterocycles. The summed E-state index contributed by atoms with van der Waals surface area (Å²) in [6.45, 7) is 7.34. The van der Waals surface area contributed by atoms with Crippen molar-refractivity contribution in [3.05, 3.63) is 39.0 Å². The summed E-state index contributed by atoms with van der Waals surface area (Å²) in [5.74, 6) is 1.57. The van der Waals surface area contributed by atoms with E-state index < -0.39 is 0 Å². The summed E-state index contributed by atoms with van der Waals surface area (Å²) < 4.78 is 12.4. The minimum Gasteiger partial charge on any atom is -0.490 e. The van der Waals surface area contributed by atoms with Crippen LogP contribution in [0, 0.1) is 0 Å². The quantitative estimate of drug-likeness (QED) is 0.700. The molecule has 0 amide bonds. The Morgan fingerprint density at radius 3 is 2.48 bits per heavy atom. The Morgan fingerprint density at radius 1 is 1.14 bits per heavy atom. The molecule has 0 spiro atoms. The van der Waals surface area contributed by atoms with Crippen molar-refractivity contribution in [1.29, 1.82) is 0 Å². The maximum Gasteiger partial charge on any atom is 0.163 e. The van der Waals surface area contributed by atoms with E-state index in [1.54, 1.807) is 11.3 Å². The number of nitrogens with one attached hydrogen (secondary N) is 1. The van der Waals surface area contributed by atoms with Crippen LogP contribution < -0.4 is 14.8 Å². The molecule has 1 N–H and O–H groups in total. The first-order valence-corrected chi connectivity index (χ1v) is 8.72. The van der Waals surface area contributed by atoms with E-state index in [-0.39, 0.29) is 6.04 Å². The van der Waals surface area contributed by atoms with Gasteiger partial charge in [-0.2, -0.15) is 0 Å². The van der Waals surface area contributed by atoms with E-state index >= 15 is 0 Å². The molecule has 0 aliphatic rings. The van der Waals surface area contributed by atoms with Crippen LogP contribution in [0.15, 0.2) is 34.1 Å². The molecule has 114 valence electrons. The Bertz CT molecular complexity index is 585. The van der Waals surface area contributed by atoms with Crippen molar-refractivity contribution in [2.45, 2.75) is 26.8 Å². The highest BCUT2D eigenvalue weighted by Gasteiger charge is 2.12. The van der Waals surface area contributed by atoms with Crippen LogP contribution in [0.25, 0.3) is 0 Å². The van der Waals surface area contributed by atoms with Crippen LogP contribution in [0.4, 0.5) is 5.69 Å². The molecular formula is C16H20BrNO2S. The topological polar surface area (TPSA) is 30.5 Å². The molecule has 2 rings (SSSR count). The molecule has 0 aliphatic carbocycles. The summed E-state index contributed by atoms with van der Waals surface area (Å²) in [5.41, 5.74) is 1.02. The Kier molecular flexibility index (Phi) is 5.94. The average Bonchev–Trinajstić information content (AvgIpc) is 2.88. The number of thiophene rings is 1. The molecule has 0 bridgehead atoms. The van der Waals surface area contributed by atoms with Crippen LogP contribution in [0.3, 0.4) is 0 Å². The molecule has 0 saturated carbocycles. The lowest BCUT2D eigenvalue weighted by Gasteiger charge is -2.17. The van der Waals surface area contributed by atoms with Gasteiger partial charge >= 0.3 is 0 Å². The molecule has 1 atom stereocenters. The highest BCUT2D eigenvalue weighted by molar-refractivity contribution is 9.10. The van der Waals surface area contributed by atoms with Gasteiger partial charge in [0.25, 0.3) is 0 Å². The monoisotopic (exact) mass is 369 g/mol. The Morgan fingerprint density at radius 2 is 1.86 bits per heavy atom. The van der Waals surface area contributed by atoms with Crippen LogP contribution in [-0.2, 0) is 0 Å². The normalized spacial score (nSPS) is 12.0. The predicted molar refractivity (Wildman–Crippen MR) is 92.8 cm³/mol. The third kappa shape index (κ3) is 4.14. The number of hydrogen-bond donors (Lipinski definition) is 1. The van der Waals surface area contributed by atoms with Gasteiger partial charge in [-0.3, -0.25) is 0 Å². The van der Waals surface area contributed by atoms with Gasteiger partial charge in [0.1, 0.15) is 0 Å². The average molecular weight is 370 g/mol. The van der Waals surface area contributed by atoms with E-state index in [0.717, 1.165) is 21.7 Å². The van der Waals surface area contributed by atoms with Crippen LogP contribution in [0.5, 0.6) is 11.5 Å². The Labute approximate surface area is 138 Å². The lowest BCUT2D eigenvalue weighted by atomic mass is 10.2. The van der Waals surface area contributed by atoms with E-state index in [1.165, 1.54) is 4.88 Å². The van der Waals surface area contributed by atoms with Crippen LogP contribution in [0.2, 0.25) is 0 Å². The number of rotatable bonds is 7. The molecule has 3 nitrogen and oxygen atoms in total. The Balaban J connectivity index is 2.16. The van der Waals surface area contributed by atoms with Gasteiger partial charge in [0.15, 0.2) is 11.5 Å². The van der Waals surface area contributed by atoms with Gasteiger partial charge in [0.2, 0.25) is 0 Å². The Hall–Kier alpha value is -1.20. The molecule has 2 aromatic rings. The fraction of sp³-hybridized carbons (Fsp3) is 0.375. The zero-order chi connectivity index (χ0) is 15.2. The van der Waals surface area contributed by atoms with Crippen molar-refractivity contribution in [2.24, 2.45) is 0 Å². The molecule has 0 saturated heterocycles. The van der Waals surface area contributed by atoms with Crippen molar-refractivity contribution in [3.8, 4) is 11.5 Å². The van der Waals surface area contributed by atoms with Crippen molar-refractivity contribution < 1.29 is 9.47 Å². The molecule has 0 aliphatic heterocycles. The summed E-state index contributed by atoms with van der Waals surface area (Å²) in [4.78, 5) is 1.28. The van der Waals surface area contributed by atoms with Gasteiger partial charge in [-0.15, -0.1) is 11.3 Å². The molecule has 0 fully saturated rings. The first kappa shape index (κ1) is 16.2. The zero-order valence-electron chi connectivity index (χ0n) is 12.5. The molecule has 1 heterocycles. The first-order chi connectivity index (χ1) is 10.2. The third-order valence-electron chi connectivity index (χ3n) is 2.96. The lowest BCUT2D eigenvalue weighted by Crippen LogP contribution is -2.06. The number of anilines is 1. The number of hydrogen-bond acceptors (Lipinski definition) is 4. The summed E-state index contributed by atoms with van der Waals surface area (Å²) >= 11 is 5.31. The summed E-state index contributed by atoms with van der Waals surface area (Å²) in [6.07, 6.45) is 0. The second kappa shape index (κ2) is 7.71. The molecule has 5 heteroatoms. The first-order valence-electron chi connectivity index (χ1n) is 7.04. The van der Waals surface area contributed by atoms with Gasteiger partial charge in [0, 0.05) is 21.1 Å². The SMILES string of the molecule is CCOc1ccc(NC(C)c2sccc2Br)cc1OCC. The fourth-order valence-electron chi connectivity index (χ4n) is 2.07. The standard InChI is InChI=1S/C16H20BrNO2S/c1-4-19-14-7-6-12(10-15(14)20-5-2)18-11(3)16-13(17)8-9-21-16/h6-11,18H,4-5H2,1-3H3. The molecule has 1 aromatic carbocycles. The van der Waals surface area contributed by atoms with Crippen LogP contribution >= 0.6 is 27.3 Å². The van der Waals surface area contributed by atoms with Gasteiger partial charge in [-0.25, -0.2) is 0 Å². The van der Waals surface area contributed by atoms with E-state index in [1.807, 2.05) is 32.0 Å². The van der Waals surface area contributed by atoms with Crippen molar-refractivity contribution >= 4 is 33.0 Å². The zero-order valence-corrected chi connectivity index (χ0v) is 14.9. The van der Waals surface area contributed by atoms with E-state index in [4.69, 9.17) is 9.47 Å². The lowest BCUT2D eigenvalue weighted by molar-refractivity contribution is 0.288. The summed E-state index contributed by atoms with van der Waals surface area (Å²) in [7, 11) is 0. The summed E-state index contributed by atoms with van der Waals surface area (Å²) in [5, 5.41) is 5.58. The minimum absolute atomic E-state index is 0.229. The van der Waals surface area contributed by atoms with E-state index in [9.17, 15) is 0 Å². The van der Waals surface area contributed by atoms with Crippen molar-refractivity contribution in [1.82, 2.24) is 0 Å². The van der Waals surface area contributed by atoms with Gasteiger partial charge < -0.3 is 14.8 Å². The molecular weight excluding hydrogens is 350 g/mol. The summed E-state index contributed by atoms with van der Waals surface area (Å²) in [6, 6.07) is 8.26.